The number of carbonyl (C=O) groups excluding carboxylic acids is 8. The minimum Gasteiger partial charge on any atom is -0.351 e. The summed E-state index contributed by atoms with van der Waals surface area (Å²) in [4.78, 5) is 93.7. The fourth-order valence-corrected chi connectivity index (χ4v) is 3.42. The minimum absolute atomic E-state index is 0.245. The van der Waals surface area contributed by atoms with Crippen LogP contribution in [0.1, 0.15) is 77.0 Å². The molecular formula is C26H41N9O8. The van der Waals surface area contributed by atoms with Crippen LogP contribution < -0.4 is 5.73 Å². The Morgan fingerprint density at radius 3 is 1.07 bits per heavy atom. The maximum atomic E-state index is 13.1. The Morgan fingerprint density at radius 2 is 0.791 bits per heavy atom. The third-order valence-corrected chi connectivity index (χ3v) is 5.26. The molecule has 0 aromatic rings. The van der Waals surface area contributed by atoms with E-state index in [1.807, 2.05) is 0 Å². The summed E-state index contributed by atoms with van der Waals surface area (Å²) in [5.74, 6) is 0. The van der Waals surface area contributed by atoms with Crippen molar-refractivity contribution in [2.45, 2.75) is 77.0 Å². The number of isocyanates is 6. The van der Waals surface area contributed by atoms with Gasteiger partial charge >= 0.3 is 12.1 Å². The van der Waals surface area contributed by atoms with Gasteiger partial charge in [-0.2, -0.15) is 0 Å². The van der Waals surface area contributed by atoms with Crippen molar-refractivity contribution < 1.29 is 38.4 Å². The molecule has 0 fully saturated rings. The van der Waals surface area contributed by atoms with Crippen molar-refractivity contribution in [1.29, 1.82) is 16.2 Å². The number of imide groups is 1. The molecule has 0 spiro atoms. The molecule has 0 aromatic carbocycles. The highest BCUT2D eigenvalue weighted by molar-refractivity contribution is 5.92. The van der Waals surface area contributed by atoms with Crippen molar-refractivity contribution >= 4 is 48.5 Å². The van der Waals surface area contributed by atoms with Gasteiger partial charge in [-0.15, -0.1) is 0 Å². The Hall–Kier alpha value is -4.98. The quantitative estimate of drug-likeness (QED) is 0.0851. The molecule has 0 saturated heterocycles. The number of hydrogen-bond donors (Lipinski definition) is 4. The summed E-state index contributed by atoms with van der Waals surface area (Å²) in [6.07, 6.45) is 16.4. The Labute approximate surface area is 250 Å². The van der Waals surface area contributed by atoms with E-state index < -0.39 is 6.03 Å². The number of carbonyl (C=O) groups is 2. The highest BCUT2D eigenvalue weighted by atomic mass is 16.2. The molecule has 0 heterocycles. The second-order valence-corrected chi connectivity index (χ2v) is 8.23. The van der Waals surface area contributed by atoms with Crippen LogP contribution in [0.25, 0.3) is 0 Å². The van der Waals surface area contributed by atoms with E-state index in [4.69, 9.17) is 36.3 Å². The van der Waals surface area contributed by atoms with Crippen LogP contribution in [0.2, 0.25) is 0 Å². The number of hydrogen-bond acceptors (Lipinski definition) is 14. The Morgan fingerprint density at radius 1 is 0.512 bits per heavy atom. The van der Waals surface area contributed by atoms with E-state index in [-0.39, 0.29) is 12.6 Å². The molecule has 0 rings (SSSR count). The third-order valence-electron chi connectivity index (χ3n) is 5.26. The monoisotopic (exact) mass is 607 g/mol. The summed E-state index contributed by atoms with van der Waals surface area (Å²) in [5.41, 5.74) is 5.50. The number of primary amides is 1. The van der Waals surface area contributed by atoms with E-state index in [0.29, 0.717) is 39.1 Å². The lowest BCUT2D eigenvalue weighted by molar-refractivity contribution is 0.154. The van der Waals surface area contributed by atoms with Crippen LogP contribution in [-0.2, 0) is 28.8 Å². The van der Waals surface area contributed by atoms with Gasteiger partial charge in [0.05, 0.1) is 19.6 Å². The minimum atomic E-state index is -0.765. The molecule has 0 atom stereocenters. The standard InChI is InChI=1S/C23H38N6O5.3CHNO/c24-22(33)29(18-12-6-3-9-15-27-21-32)23(34)28(16-10-4-1-7-13-25-19-30)17-11-5-2-8-14-26-20-31;3*2-1-3/h1-18H2,(H2,24,33);3*2H. The number of unbranched alkanes of at least 4 members (excludes halogenated alkanes) is 9. The zero-order valence-electron chi connectivity index (χ0n) is 24.3. The first-order valence-electron chi connectivity index (χ1n) is 13.4. The highest BCUT2D eigenvalue weighted by Gasteiger charge is 2.24. The molecule has 0 bridgehead atoms. The molecule has 0 saturated carbocycles. The Balaban J connectivity index is -0.000000744. The average Bonchev–Trinajstić information content (AvgIpc) is 2.97. The molecule has 0 aromatic heterocycles. The van der Waals surface area contributed by atoms with Crippen molar-refractivity contribution in [3.8, 4) is 0 Å². The summed E-state index contributed by atoms with van der Waals surface area (Å²) >= 11 is 0. The van der Waals surface area contributed by atoms with Gasteiger partial charge in [-0.3, -0.25) is 0 Å². The van der Waals surface area contributed by atoms with E-state index in [1.165, 1.54) is 18.2 Å². The van der Waals surface area contributed by atoms with Crippen LogP contribution in [0, 0.1) is 16.2 Å². The van der Waals surface area contributed by atoms with Crippen LogP contribution >= 0.6 is 0 Å². The van der Waals surface area contributed by atoms with Gasteiger partial charge in [0.15, 0.2) is 0 Å². The molecule has 17 nitrogen and oxygen atoms in total. The molecule has 0 aliphatic rings. The number of rotatable bonds is 21. The Bertz CT molecular complexity index is 913. The summed E-state index contributed by atoms with van der Waals surface area (Å²) in [6.45, 7) is 2.61. The number of amides is 4. The van der Waals surface area contributed by atoms with Crippen molar-refractivity contribution in [3.05, 3.63) is 0 Å². The summed E-state index contributed by atoms with van der Waals surface area (Å²) in [5, 5.41) is 16.2. The van der Waals surface area contributed by atoms with E-state index in [0.717, 1.165) is 93.8 Å². The predicted octanol–water partition coefficient (Wildman–Crippen LogP) is 3.18. The number of urea groups is 2. The fourth-order valence-electron chi connectivity index (χ4n) is 3.42. The van der Waals surface area contributed by atoms with Gasteiger partial charge in [-0.1, -0.05) is 38.5 Å². The summed E-state index contributed by atoms with van der Waals surface area (Å²) in [6, 6.07) is -1.15. The molecule has 0 radical (unpaired) electrons. The maximum Gasteiger partial charge on any atom is 0.328 e. The first-order valence-corrected chi connectivity index (χ1v) is 13.4. The van der Waals surface area contributed by atoms with Crippen molar-refractivity contribution in [2.24, 2.45) is 20.7 Å². The fraction of sp³-hybridized carbons (Fsp3) is 0.692. The van der Waals surface area contributed by atoms with Crippen molar-refractivity contribution in [1.82, 2.24) is 9.80 Å². The first kappa shape index (κ1) is 45.0. The van der Waals surface area contributed by atoms with Gasteiger partial charge in [0.2, 0.25) is 36.5 Å². The number of nitrogens with one attached hydrogen (secondary N) is 3. The molecular weight excluding hydrogens is 566 g/mol. The van der Waals surface area contributed by atoms with Gasteiger partial charge in [0, 0.05) is 19.6 Å². The first-order chi connectivity index (χ1) is 20.8. The van der Waals surface area contributed by atoms with Crippen molar-refractivity contribution in [2.75, 3.05) is 39.3 Å². The topological polar surface area (TPSA) is 278 Å². The maximum absolute atomic E-state index is 13.1. The van der Waals surface area contributed by atoms with Crippen LogP contribution in [0.4, 0.5) is 9.59 Å². The molecule has 17 heteroatoms. The van der Waals surface area contributed by atoms with Crippen LogP contribution in [0.3, 0.4) is 0 Å². The van der Waals surface area contributed by atoms with E-state index in [9.17, 15) is 24.0 Å². The lowest BCUT2D eigenvalue weighted by Crippen LogP contribution is -2.49. The van der Waals surface area contributed by atoms with Crippen LogP contribution in [0.5, 0.6) is 0 Å². The summed E-state index contributed by atoms with van der Waals surface area (Å²) < 4.78 is 0. The summed E-state index contributed by atoms with van der Waals surface area (Å²) in [7, 11) is 0. The molecule has 4 amide bonds. The lowest BCUT2D eigenvalue weighted by atomic mass is 10.1. The van der Waals surface area contributed by atoms with Gasteiger partial charge < -0.3 is 10.6 Å². The SMILES string of the molecule is N=C=O.N=C=O.N=C=O.NC(=O)N(CCCCCCN=C=O)C(=O)N(CCCCCCN=C=O)CCCCCCN=C=O. The third kappa shape index (κ3) is 39.2. The lowest BCUT2D eigenvalue weighted by Gasteiger charge is -2.29. The number of nitrogens with zero attached hydrogens (tertiary/aromatic N) is 5. The second-order valence-electron chi connectivity index (χ2n) is 8.23. The molecule has 0 unspecified atom stereocenters. The second kappa shape index (κ2) is 41.5. The molecule has 0 aliphatic heterocycles. The molecule has 43 heavy (non-hydrogen) atoms. The zero-order valence-corrected chi connectivity index (χ0v) is 24.3. The molecule has 0 aliphatic carbocycles. The average molecular weight is 608 g/mol. The zero-order chi connectivity index (χ0) is 33.4. The van der Waals surface area contributed by atoms with Crippen LogP contribution in [0.15, 0.2) is 15.0 Å². The van der Waals surface area contributed by atoms with Gasteiger partial charge in [0.25, 0.3) is 0 Å². The van der Waals surface area contributed by atoms with E-state index in [1.54, 1.807) is 4.90 Å². The molecule has 238 valence electrons. The highest BCUT2D eigenvalue weighted by Crippen LogP contribution is 2.11. The van der Waals surface area contributed by atoms with Crippen molar-refractivity contribution in [3.63, 3.8) is 0 Å². The van der Waals surface area contributed by atoms with Gasteiger partial charge in [-0.25, -0.2) is 74.5 Å². The van der Waals surface area contributed by atoms with Gasteiger partial charge in [-0.05, 0) is 38.5 Å². The largest absolute Gasteiger partial charge is 0.351 e. The normalized spacial score (nSPS) is 8.37. The molecule has 5 N–H and O–H groups in total. The van der Waals surface area contributed by atoms with E-state index in [2.05, 4.69) is 15.0 Å². The van der Waals surface area contributed by atoms with Crippen LogP contribution in [-0.4, -0.2) is 97.6 Å². The van der Waals surface area contributed by atoms with E-state index >= 15 is 0 Å². The Kier molecular flexibility index (Phi) is 43.5. The predicted molar refractivity (Wildman–Crippen MR) is 153 cm³/mol. The number of nitrogens with two attached hydrogens (primary N) is 1. The smallest absolute Gasteiger partial charge is 0.328 e. The number of aliphatic imine (C=N–C) groups is 3. The van der Waals surface area contributed by atoms with Gasteiger partial charge in [0.1, 0.15) is 0 Å².